The van der Waals surface area contributed by atoms with Crippen molar-refractivity contribution in [2.45, 2.75) is 52.4 Å². The number of carbonyl (C=O) groups excluding carboxylic acids is 2. The highest BCUT2D eigenvalue weighted by atomic mass is 16.5. The number of para-hydroxylation sites is 1. The maximum atomic E-state index is 11.9. The first-order chi connectivity index (χ1) is 13.0. The third kappa shape index (κ3) is 3.86. The number of imide groups is 1. The molecule has 28 heavy (non-hydrogen) atoms. The molecule has 0 spiro atoms. The lowest BCUT2D eigenvalue weighted by Crippen LogP contribution is -2.29. The van der Waals surface area contributed by atoms with Crippen LogP contribution in [0.2, 0.25) is 0 Å². The standard InChI is InChI=1S/C24H27NO3/c1-23(2,3)18-8-7-9-19(24(4,5)6)22(18)28-17-12-10-16(11-13-17)25-20(26)14-15-21(25)27/h7-15H,1-6H3. The molecular weight excluding hydrogens is 350 g/mol. The Morgan fingerprint density at radius 1 is 0.714 bits per heavy atom. The number of anilines is 1. The minimum absolute atomic E-state index is 0.0728. The fourth-order valence-electron chi connectivity index (χ4n) is 3.26. The van der Waals surface area contributed by atoms with Gasteiger partial charge in [0.2, 0.25) is 0 Å². The third-order valence-electron chi connectivity index (χ3n) is 4.76. The Kier molecular flexibility index (Phi) is 4.92. The zero-order valence-electron chi connectivity index (χ0n) is 17.4. The van der Waals surface area contributed by atoms with Crippen molar-refractivity contribution in [3.05, 3.63) is 65.7 Å². The first-order valence-corrected chi connectivity index (χ1v) is 9.46. The van der Waals surface area contributed by atoms with Crippen molar-refractivity contribution < 1.29 is 14.3 Å². The normalized spacial score (nSPS) is 14.7. The molecule has 1 aliphatic rings. The highest BCUT2D eigenvalue weighted by Gasteiger charge is 2.28. The number of ether oxygens (including phenoxy) is 1. The van der Waals surface area contributed by atoms with Crippen molar-refractivity contribution in [3.63, 3.8) is 0 Å². The molecule has 0 fully saturated rings. The lowest BCUT2D eigenvalue weighted by atomic mass is 9.79. The highest BCUT2D eigenvalue weighted by molar-refractivity contribution is 6.28. The molecule has 2 aromatic rings. The zero-order chi connectivity index (χ0) is 20.7. The fourth-order valence-corrected chi connectivity index (χ4v) is 3.26. The Hall–Kier alpha value is -2.88. The topological polar surface area (TPSA) is 46.6 Å². The van der Waals surface area contributed by atoms with Crippen molar-refractivity contribution in [3.8, 4) is 11.5 Å². The van der Waals surface area contributed by atoms with Crippen molar-refractivity contribution in [2.75, 3.05) is 4.90 Å². The van der Waals surface area contributed by atoms with Gasteiger partial charge in [0.15, 0.2) is 0 Å². The van der Waals surface area contributed by atoms with Crippen LogP contribution in [0.4, 0.5) is 5.69 Å². The minimum atomic E-state index is -0.327. The molecule has 3 rings (SSSR count). The van der Waals surface area contributed by atoms with E-state index in [4.69, 9.17) is 4.74 Å². The monoisotopic (exact) mass is 377 g/mol. The van der Waals surface area contributed by atoms with Gasteiger partial charge in [-0.2, -0.15) is 0 Å². The first kappa shape index (κ1) is 19.9. The van der Waals surface area contributed by atoms with Crippen LogP contribution in [0.3, 0.4) is 0 Å². The van der Waals surface area contributed by atoms with Gasteiger partial charge in [-0.3, -0.25) is 9.59 Å². The zero-order valence-corrected chi connectivity index (χ0v) is 17.4. The number of benzene rings is 2. The maximum absolute atomic E-state index is 11.9. The fraction of sp³-hybridized carbons (Fsp3) is 0.333. The van der Waals surface area contributed by atoms with E-state index < -0.39 is 0 Å². The van der Waals surface area contributed by atoms with Gasteiger partial charge in [0.25, 0.3) is 11.8 Å². The molecule has 1 aliphatic heterocycles. The largest absolute Gasteiger partial charge is 0.457 e. The van der Waals surface area contributed by atoms with E-state index in [9.17, 15) is 9.59 Å². The van der Waals surface area contributed by atoms with Crippen LogP contribution in [-0.4, -0.2) is 11.8 Å². The lowest BCUT2D eigenvalue weighted by Gasteiger charge is -2.29. The molecule has 1 heterocycles. The van der Waals surface area contributed by atoms with E-state index in [-0.39, 0.29) is 22.6 Å². The summed E-state index contributed by atoms with van der Waals surface area (Å²) in [6.45, 7) is 13.0. The van der Waals surface area contributed by atoms with E-state index in [0.717, 1.165) is 21.8 Å². The molecule has 2 amide bonds. The smallest absolute Gasteiger partial charge is 0.258 e. The summed E-state index contributed by atoms with van der Waals surface area (Å²) in [6, 6.07) is 13.3. The van der Waals surface area contributed by atoms with Crippen molar-refractivity contribution in [1.82, 2.24) is 0 Å². The number of hydrogen-bond donors (Lipinski definition) is 0. The van der Waals surface area contributed by atoms with Gasteiger partial charge in [0, 0.05) is 23.3 Å². The Bertz CT molecular complexity index is 891. The molecule has 2 aromatic carbocycles. The molecule has 146 valence electrons. The molecule has 0 aliphatic carbocycles. The molecule has 0 radical (unpaired) electrons. The number of nitrogens with zero attached hydrogens (tertiary/aromatic N) is 1. The van der Waals surface area contributed by atoms with E-state index >= 15 is 0 Å². The van der Waals surface area contributed by atoms with E-state index in [0.29, 0.717) is 11.4 Å². The van der Waals surface area contributed by atoms with Crippen LogP contribution < -0.4 is 9.64 Å². The molecule has 0 aromatic heterocycles. The average molecular weight is 377 g/mol. The summed E-state index contributed by atoms with van der Waals surface area (Å²) >= 11 is 0. The van der Waals surface area contributed by atoms with Gasteiger partial charge in [0.05, 0.1) is 5.69 Å². The SMILES string of the molecule is CC(C)(C)c1cccc(C(C)(C)C)c1Oc1ccc(N2C(=O)C=CC2=O)cc1. The minimum Gasteiger partial charge on any atom is -0.457 e. The van der Waals surface area contributed by atoms with Gasteiger partial charge in [-0.05, 0) is 35.1 Å². The van der Waals surface area contributed by atoms with E-state index in [2.05, 4.69) is 59.7 Å². The Balaban J connectivity index is 1.98. The van der Waals surface area contributed by atoms with E-state index in [1.807, 2.05) is 0 Å². The molecule has 4 nitrogen and oxygen atoms in total. The van der Waals surface area contributed by atoms with Gasteiger partial charge in [-0.1, -0.05) is 59.7 Å². The number of hydrogen-bond acceptors (Lipinski definition) is 3. The molecule has 0 bridgehead atoms. The van der Waals surface area contributed by atoms with Crippen LogP contribution in [0.5, 0.6) is 11.5 Å². The van der Waals surface area contributed by atoms with E-state index in [1.165, 1.54) is 12.2 Å². The molecule has 0 atom stereocenters. The van der Waals surface area contributed by atoms with Gasteiger partial charge in [-0.15, -0.1) is 0 Å². The van der Waals surface area contributed by atoms with Gasteiger partial charge in [-0.25, -0.2) is 4.90 Å². The van der Waals surface area contributed by atoms with Crippen LogP contribution in [0.25, 0.3) is 0 Å². The summed E-state index contributed by atoms with van der Waals surface area (Å²) in [5, 5.41) is 0. The van der Waals surface area contributed by atoms with Crippen molar-refractivity contribution >= 4 is 17.5 Å². The highest BCUT2D eigenvalue weighted by Crippen LogP contribution is 2.41. The Morgan fingerprint density at radius 3 is 1.61 bits per heavy atom. The molecule has 0 unspecified atom stereocenters. The second kappa shape index (κ2) is 6.93. The summed E-state index contributed by atoms with van der Waals surface area (Å²) in [4.78, 5) is 24.9. The first-order valence-electron chi connectivity index (χ1n) is 9.46. The second-order valence-corrected chi connectivity index (χ2v) is 9.12. The second-order valence-electron chi connectivity index (χ2n) is 9.12. The van der Waals surface area contributed by atoms with Crippen LogP contribution in [-0.2, 0) is 20.4 Å². The predicted octanol–water partition coefficient (Wildman–Crippen LogP) is 5.50. The molecule has 4 heteroatoms. The molecular formula is C24H27NO3. The van der Waals surface area contributed by atoms with Gasteiger partial charge < -0.3 is 4.74 Å². The third-order valence-corrected chi connectivity index (χ3v) is 4.76. The quantitative estimate of drug-likeness (QED) is 0.663. The molecule has 0 N–H and O–H groups in total. The molecule has 0 saturated heterocycles. The van der Waals surface area contributed by atoms with Gasteiger partial charge >= 0.3 is 0 Å². The van der Waals surface area contributed by atoms with E-state index in [1.54, 1.807) is 24.3 Å². The summed E-state index contributed by atoms with van der Waals surface area (Å²) in [6.07, 6.45) is 2.56. The Labute approximate surface area is 166 Å². The number of amides is 2. The lowest BCUT2D eigenvalue weighted by molar-refractivity contribution is -0.119. The summed E-state index contributed by atoms with van der Waals surface area (Å²) in [5.74, 6) is 0.877. The van der Waals surface area contributed by atoms with Crippen LogP contribution in [0.1, 0.15) is 52.7 Å². The molecule has 0 saturated carbocycles. The van der Waals surface area contributed by atoms with Crippen molar-refractivity contribution in [1.29, 1.82) is 0 Å². The Morgan fingerprint density at radius 2 is 1.18 bits per heavy atom. The van der Waals surface area contributed by atoms with Crippen LogP contribution in [0.15, 0.2) is 54.6 Å². The summed E-state index contributed by atoms with van der Waals surface area (Å²) in [7, 11) is 0. The van der Waals surface area contributed by atoms with Crippen molar-refractivity contribution in [2.24, 2.45) is 0 Å². The maximum Gasteiger partial charge on any atom is 0.258 e. The summed E-state index contributed by atoms with van der Waals surface area (Å²) in [5.41, 5.74) is 2.66. The number of carbonyl (C=O) groups is 2. The van der Waals surface area contributed by atoms with Crippen LogP contribution in [0, 0.1) is 0 Å². The summed E-state index contributed by atoms with van der Waals surface area (Å²) < 4.78 is 6.36. The number of rotatable bonds is 3. The predicted molar refractivity (Wildman–Crippen MR) is 112 cm³/mol. The van der Waals surface area contributed by atoms with Gasteiger partial charge in [0.1, 0.15) is 11.5 Å². The average Bonchev–Trinajstić information content (AvgIpc) is 2.92. The van der Waals surface area contributed by atoms with Crippen LogP contribution >= 0.6 is 0 Å².